The number of sulfonamides is 1. The van der Waals surface area contributed by atoms with Gasteiger partial charge in [0.2, 0.25) is 10.0 Å². The third-order valence-corrected chi connectivity index (χ3v) is 4.95. The van der Waals surface area contributed by atoms with Crippen LogP contribution >= 0.6 is 15.9 Å². The van der Waals surface area contributed by atoms with Crippen LogP contribution in [0.5, 0.6) is 0 Å². The fourth-order valence-electron chi connectivity index (χ4n) is 2.00. The van der Waals surface area contributed by atoms with Gasteiger partial charge in [-0.05, 0) is 40.9 Å². The van der Waals surface area contributed by atoms with Gasteiger partial charge in [0.25, 0.3) is 5.91 Å². The first kappa shape index (κ1) is 14.4. The smallest absolute Gasteiger partial charge is 0.254 e. The van der Waals surface area contributed by atoms with Gasteiger partial charge in [0.15, 0.2) is 0 Å². The molecule has 0 radical (unpaired) electrons. The van der Waals surface area contributed by atoms with E-state index in [-0.39, 0.29) is 15.9 Å². The fraction of sp³-hybridized carbons (Fsp3) is 0.364. The van der Waals surface area contributed by atoms with Crippen molar-refractivity contribution < 1.29 is 17.6 Å². The molecule has 0 bridgehead atoms. The number of hydrogen-bond acceptors (Lipinski definition) is 3. The number of amides is 1. The second-order valence-corrected chi connectivity index (χ2v) is 6.64. The number of nitrogens with two attached hydrogens (primary N) is 1. The summed E-state index contributed by atoms with van der Waals surface area (Å²) in [6, 6.07) is 2.11. The number of halogens is 2. The van der Waals surface area contributed by atoms with Gasteiger partial charge in [-0.2, -0.15) is 0 Å². The van der Waals surface area contributed by atoms with E-state index in [9.17, 15) is 17.6 Å². The summed E-state index contributed by atoms with van der Waals surface area (Å²) in [5, 5.41) is 5.00. The minimum absolute atomic E-state index is 0.00775. The van der Waals surface area contributed by atoms with Crippen molar-refractivity contribution in [3.63, 3.8) is 0 Å². The molecule has 5 nitrogen and oxygen atoms in total. The van der Waals surface area contributed by atoms with E-state index < -0.39 is 20.7 Å². The van der Waals surface area contributed by atoms with Gasteiger partial charge >= 0.3 is 0 Å². The molecular formula is C11H12BrFN2O3S. The van der Waals surface area contributed by atoms with Crippen LogP contribution in [0.15, 0.2) is 21.5 Å². The summed E-state index contributed by atoms with van der Waals surface area (Å²) in [4.78, 5) is 13.2. The molecule has 2 N–H and O–H groups in total. The van der Waals surface area contributed by atoms with Crippen LogP contribution in [0.25, 0.3) is 0 Å². The molecule has 1 amide bonds. The Hall–Kier alpha value is -0.990. The predicted molar refractivity (Wildman–Crippen MR) is 70.6 cm³/mol. The normalized spacial score (nSPS) is 15.8. The van der Waals surface area contributed by atoms with Crippen molar-refractivity contribution >= 4 is 31.9 Å². The summed E-state index contributed by atoms with van der Waals surface area (Å²) in [6.45, 7) is 1.20. The van der Waals surface area contributed by atoms with Crippen molar-refractivity contribution in [2.75, 3.05) is 13.1 Å². The first-order valence-electron chi connectivity index (χ1n) is 5.62. The summed E-state index contributed by atoms with van der Waals surface area (Å²) in [5.74, 6) is -1.21. The minimum atomic E-state index is -4.09. The molecule has 1 saturated heterocycles. The standard InChI is InChI=1S/C11H12BrFN2O3S/c12-10-8(13)5-7(6-9(10)19(14,17)18)11(16)15-3-1-2-4-15/h5-6H,1-4H2,(H2,14,17,18). The Labute approximate surface area is 118 Å². The molecule has 19 heavy (non-hydrogen) atoms. The van der Waals surface area contributed by atoms with Crippen LogP contribution in [0.2, 0.25) is 0 Å². The van der Waals surface area contributed by atoms with E-state index in [2.05, 4.69) is 15.9 Å². The van der Waals surface area contributed by atoms with E-state index in [1.165, 1.54) is 0 Å². The van der Waals surface area contributed by atoms with Crippen LogP contribution in [0.1, 0.15) is 23.2 Å². The summed E-state index contributed by atoms with van der Waals surface area (Å²) in [7, 11) is -4.09. The lowest BCUT2D eigenvalue weighted by Crippen LogP contribution is -2.28. The van der Waals surface area contributed by atoms with Crippen molar-refractivity contribution in [3.8, 4) is 0 Å². The Morgan fingerprint density at radius 2 is 1.89 bits per heavy atom. The molecule has 1 aromatic carbocycles. The number of carbonyl (C=O) groups excluding carboxylic acids is 1. The van der Waals surface area contributed by atoms with Gasteiger partial charge in [0, 0.05) is 18.7 Å². The number of carbonyl (C=O) groups is 1. The quantitative estimate of drug-likeness (QED) is 0.876. The Morgan fingerprint density at radius 1 is 1.32 bits per heavy atom. The van der Waals surface area contributed by atoms with Crippen LogP contribution < -0.4 is 5.14 Å². The van der Waals surface area contributed by atoms with Gasteiger partial charge in [0.1, 0.15) is 5.82 Å². The molecule has 1 aliphatic rings. The average molecular weight is 351 g/mol. The van der Waals surface area contributed by atoms with Gasteiger partial charge < -0.3 is 4.90 Å². The lowest BCUT2D eigenvalue weighted by molar-refractivity contribution is 0.0792. The first-order valence-corrected chi connectivity index (χ1v) is 7.96. The molecule has 0 aliphatic carbocycles. The largest absolute Gasteiger partial charge is 0.339 e. The van der Waals surface area contributed by atoms with Crippen LogP contribution in [-0.2, 0) is 10.0 Å². The van der Waals surface area contributed by atoms with Gasteiger partial charge in [-0.1, -0.05) is 0 Å². The van der Waals surface area contributed by atoms with Crippen molar-refractivity contribution in [2.45, 2.75) is 17.7 Å². The van der Waals surface area contributed by atoms with Gasteiger partial charge in [-0.3, -0.25) is 4.79 Å². The van der Waals surface area contributed by atoms with E-state index >= 15 is 0 Å². The summed E-state index contributed by atoms with van der Waals surface area (Å²) in [5.41, 5.74) is -0.00775. The summed E-state index contributed by atoms with van der Waals surface area (Å²) in [6.07, 6.45) is 1.79. The van der Waals surface area contributed by atoms with Gasteiger partial charge in [0.05, 0.1) is 9.37 Å². The molecule has 0 spiro atoms. The molecule has 1 heterocycles. The zero-order valence-electron chi connectivity index (χ0n) is 9.90. The minimum Gasteiger partial charge on any atom is -0.339 e. The van der Waals surface area contributed by atoms with Gasteiger partial charge in [-0.25, -0.2) is 17.9 Å². The first-order chi connectivity index (χ1) is 8.80. The molecule has 0 unspecified atom stereocenters. The Morgan fingerprint density at radius 3 is 2.42 bits per heavy atom. The highest BCUT2D eigenvalue weighted by Crippen LogP contribution is 2.27. The second kappa shape index (κ2) is 5.18. The lowest BCUT2D eigenvalue weighted by Gasteiger charge is -2.16. The highest BCUT2D eigenvalue weighted by Gasteiger charge is 2.24. The SMILES string of the molecule is NS(=O)(=O)c1cc(C(=O)N2CCCC2)cc(F)c1Br. The molecule has 8 heteroatoms. The van der Waals surface area contributed by atoms with Crippen molar-refractivity contribution in [1.29, 1.82) is 0 Å². The van der Waals surface area contributed by atoms with E-state index in [0.717, 1.165) is 25.0 Å². The predicted octanol–water partition coefficient (Wildman–Crippen LogP) is 1.47. The number of likely N-dealkylation sites (tertiary alicyclic amines) is 1. The van der Waals surface area contributed by atoms with Gasteiger partial charge in [-0.15, -0.1) is 0 Å². The summed E-state index contributed by atoms with van der Waals surface area (Å²) < 4.78 is 36.1. The fourth-order valence-corrected chi connectivity index (χ4v) is 3.54. The van der Waals surface area contributed by atoms with Crippen LogP contribution in [0, 0.1) is 5.82 Å². The second-order valence-electron chi connectivity index (χ2n) is 4.31. The van der Waals surface area contributed by atoms with Crippen LogP contribution in [0.4, 0.5) is 4.39 Å². The highest BCUT2D eigenvalue weighted by atomic mass is 79.9. The monoisotopic (exact) mass is 350 g/mol. The van der Waals surface area contributed by atoms with E-state index in [1.54, 1.807) is 4.90 Å². The summed E-state index contributed by atoms with van der Waals surface area (Å²) >= 11 is 2.82. The number of primary sulfonamides is 1. The lowest BCUT2D eigenvalue weighted by atomic mass is 10.2. The molecule has 2 rings (SSSR count). The van der Waals surface area contributed by atoms with Crippen molar-refractivity contribution in [1.82, 2.24) is 4.90 Å². The maximum Gasteiger partial charge on any atom is 0.254 e. The Bertz CT molecular complexity index is 627. The topological polar surface area (TPSA) is 80.5 Å². The van der Waals surface area contributed by atoms with E-state index in [1.807, 2.05) is 0 Å². The zero-order chi connectivity index (χ0) is 14.2. The molecule has 0 atom stereocenters. The number of nitrogens with zero attached hydrogens (tertiary/aromatic N) is 1. The van der Waals surface area contributed by atoms with Crippen LogP contribution in [0.3, 0.4) is 0 Å². The maximum atomic E-state index is 13.7. The molecule has 0 saturated carbocycles. The third-order valence-electron chi connectivity index (χ3n) is 2.94. The van der Waals surface area contributed by atoms with E-state index in [0.29, 0.717) is 13.1 Å². The zero-order valence-corrected chi connectivity index (χ0v) is 12.3. The van der Waals surface area contributed by atoms with E-state index in [4.69, 9.17) is 5.14 Å². The molecule has 1 aliphatic heterocycles. The van der Waals surface area contributed by atoms with Crippen molar-refractivity contribution in [2.24, 2.45) is 5.14 Å². The molecule has 0 aromatic heterocycles. The average Bonchev–Trinajstić information content (AvgIpc) is 2.83. The van der Waals surface area contributed by atoms with Crippen LogP contribution in [-0.4, -0.2) is 32.3 Å². The number of rotatable bonds is 2. The molecular weight excluding hydrogens is 339 g/mol. The Balaban J connectivity index is 2.48. The highest BCUT2D eigenvalue weighted by molar-refractivity contribution is 9.10. The third kappa shape index (κ3) is 2.96. The molecule has 1 aromatic rings. The number of hydrogen-bond donors (Lipinski definition) is 1. The molecule has 104 valence electrons. The van der Waals surface area contributed by atoms with Crippen molar-refractivity contribution in [3.05, 3.63) is 28.0 Å². The Kier molecular flexibility index (Phi) is 3.93. The number of benzene rings is 1. The maximum absolute atomic E-state index is 13.7. The molecule has 1 fully saturated rings.